The predicted octanol–water partition coefficient (Wildman–Crippen LogP) is 2.40. The number of aliphatic imine (C=N–C) groups is 1. The molecule has 1 aliphatic carbocycles. The van der Waals surface area contributed by atoms with Crippen LogP contribution in [0, 0.1) is 18.7 Å². The molecule has 0 atom stereocenters. The van der Waals surface area contributed by atoms with Gasteiger partial charge in [0, 0.05) is 5.92 Å². The van der Waals surface area contributed by atoms with Crippen LogP contribution in [-0.4, -0.2) is 17.3 Å². The van der Waals surface area contributed by atoms with Crippen molar-refractivity contribution in [3.63, 3.8) is 0 Å². The van der Waals surface area contributed by atoms with E-state index in [2.05, 4.69) is 21.2 Å². The Morgan fingerprint density at radius 2 is 2.14 bits per heavy atom. The molecule has 0 aromatic heterocycles. The number of carbonyl (C=O) groups is 1. The van der Waals surface area contributed by atoms with E-state index in [1.54, 1.807) is 6.07 Å². The second-order valence-electron chi connectivity index (χ2n) is 6.19. The standard InChI is InChI=1S/C15H19FN4O/c1-8-4-7-10(16)12-11(8)17-14(15(2,3)18-12)20-19-13(21)9-5-6-9/h4,7,9,18H,5-6H2,1-3H3,(H,17,20)(H,19,21). The van der Waals surface area contributed by atoms with E-state index in [9.17, 15) is 9.18 Å². The zero-order valence-corrected chi connectivity index (χ0v) is 12.4. The summed E-state index contributed by atoms with van der Waals surface area (Å²) in [7, 11) is 0. The number of nitrogens with one attached hydrogen (secondary N) is 3. The molecule has 21 heavy (non-hydrogen) atoms. The molecule has 1 aromatic carbocycles. The third-order valence-electron chi connectivity index (χ3n) is 3.83. The first-order valence-electron chi connectivity index (χ1n) is 7.11. The van der Waals surface area contributed by atoms with E-state index in [-0.39, 0.29) is 17.6 Å². The summed E-state index contributed by atoms with van der Waals surface area (Å²) >= 11 is 0. The highest BCUT2D eigenvalue weighted by Crippen LogP contribution is 2.37. The molecule has 0 bridgehead atoms. The highest BCUT2D eigenvalue weighted by atomic mass is 19.1. The van der Waals surface area contributed by atoms with Crippen LogP contribution in [0.15, 0.2) is 17.1 Å². The number of hydrazine groups is 1. The van der Waals surface area contributed by atoms with E-state index in [1.807, 2.05) is 20.8 Å². The average molecular weight is 290 g/mol. The van der Waals surface area contributed by atoms with Gasteiger partial charge in [-0.15, -0.1) is 0 Å². The minimum absolute atomic E-state index is 0.0183. The molecule has 1 aliphatic heterocycles. The second-order valence-corrected chi connectivity index (χ2v) is 6.19. The first kappa shape index (κ1) is 13.9. The van der Waals surface area contributed by atoms with Gasteiger partial charge >= 0.3 is 0 Å². The van der Waals surface area contributed by atoms with E-state index in [0.717, 1.165) is 18.4 Å². The topological polar surface area (TPSA) is 65.5 Å². The van der Waals surface area contributed by atoms with E-state index in [4.69, 9.17) is 0 Å². The number of amides is 1. The molecule has 5 nitrogen and oxygen atoms in total. The van der Waals surface area contributed by atoms with Crippen LogP contribution in [0.1, 0.15) is 32.3 Å². The summed E-state index contributed by atoms with van der Waals surface area (Å²) in [5.74, 6) is 0.339. The molecule has 0 spiro atoms. The van der Waals surface area contributed by atoms with Crippen LogP contribution >= 0.6 is 0 Å². The van der Waals surface area contributed by atoms with Gasteiger partial charge in [0.2, 0.25) is 5.91 Å². The van der Waals surface area contributed by atoms with Gasteiger partial charge in [0.15, 0.2) is 0 Å². The molecular weight excluding hydrogens is 271 g/mol. The number of fused-ring (bicyclic) bond motifs is 1. The van der Waals surface area contributed by atoms with Crippen molar-refractivity contribution in [1.82, 2.24) is 10.9 Å². The zero-order chi connectivity index (χ0) is 15.2. The predicted molar refractivity (Wildman–Crippen MR) is 79.9 cm³/mol. The maximum absolute atomic E-state index is 13.9. The zero-order valence-electron chi connectivity index (χ0n) is 12.4. The fourth-order valence-corrected chi connectivity index (χ4v) is 2.31. The van der Waals surface area contributed by atoms with Crippen molar-refractivity contribution in [2.24, 2.45) is 10.9 Å². The molecule has 3 rings (SSSR count). The Labute approximate surface area is 123 Å². The van der Waals surface area contributed by atoms with Gasteiger partial charge in [-0.3, -0.25) is 15.6 Å². The number of anilines is 1. The minimum atomic E-state index is -0.599. The van der Waals surface area contributed by atoms with Gasteiger partial charge in [0.1, 0.15) is 11.7 Å². The van der Waals surface area contributed by atoms with Crippen LogP contribution in [0.4, 0.5) is 15.8 Å². The summed E-state index contributed by atoms with van der Waals surface area (Å²) in [6.45, 7) is 5.64. The molecule has 2 aliphatic rings. The molecule has 1 amide bonds. The van der Waals surface area contributed by atoms with Crippen molar-refractivity contribution in [2.45, 2.75) is 39.2 Å². The van der Waals surface area contributed by atoms with E-state index >= 15 is 0 Å². The van der Waals surface area contributed by atoms with Gasteiger partial charge in [0.05, 0.1) is 16.9 Å². The Kier molecular flexibility index (Phi) is 3.11. The van der Waals surface area contributed by atoms with Gasteiger partial charge in [0.25, 0.3) is 0 Å². The summed E-state index contributed by atoms with van der Waals surface area (Å²) in [5, 5.41) is 3.14. The summed E-state index contributed by atoms with van der Waals surface area (Å²) in [5.41, 5.74) is 6.81. The number of aryl methyl sites for hydroxylation is 1. The molecule has 112 valence electrons. The fourth-order valence-electron chi connectivity index (χ4n) is 2.31. The van der Waals surface area contributed by atoms with Crippen LogP contribution in [-0.2, 0) is 4.79 Å². The number of benzene rings is 1. The van der Waals surface area contributed by atoms with E-state index < -0.39 is 5.54 Å². The second kappa shape index (κ2) is 4.72. The van der Waals surface area contributed by atoms with Crippen molar-refractivity contribution in [3.05, 3.63) is 23.5 Å². The van der Waals surface area contributed by atoms with Crippen molar-refractivity contribution in [1.29, 1.82) is 0 Å². The van der Waals surface area contributed by atoms with Crippen molar-refractivity contribution in [3.8, 4) is 0 Å². The van der Waals surface area contributed by atoms with E-state index in [1.165, 1.54) is 6.07 Å². The van der Waals surface area contributed by atoms with Crippen molar-refractivity contribution < 1.29 is 9.18 Å². The van der Waals surface area contributed by atoms with Crippen LogP contribution in [0.25, 0.3) is 0 Å². The van der Waals surface area contributed by atoms with Crippen molar-refractivity contribution in [2.75, 3.05) is 5.32 Å². The van der Waals surface area contributed by atoms with Crippen LogP contribution in [0.2, 0.25) is 0 Å². The van der Waals surface area contributed by atoms with Crippen LogP contribution < -0.4 is 16.2 Å². The molecule has 1 aromatic rings. The van der Waals surface area contributed by atoms with Gasteiger partial charge in [-0.2, -0.15) is 0 Å². The Bertz CT molecular complexity index is 635. The highest BCUT2D eigenvalue weighted by Gasteiger charge is 2.34. The minimum Gasteiger partial charge on any atom is -0.369 e. The van der Waals surface area contributed by atoms with Gasteiger partial charge < -0.3 is 5.32 Å². The summed E-state index contributed by atoms with van der Waals surface area (Å²) in [4.78, 5) is 16.2. The number of amidine groups is 1. The van der Waals surface area contributed by atoms with Crippen LogP contribution in [0.5, 0.6) is 0 Å². The lowest BCUT2D eigenvalue weighted by Crippen LogP contribution is -2.55. The molecule has 3 N–H and O–H groups in total. The molecule has 0 unspecified atom stereocenters. The number of rotatable bonds is 1. The quantitative estimate of drug-likeness (QED) is 0.696. The number of hydrogen-bond donors (Lipinski definition) is 3. The number of carbonyl (C=O) groups excluding carboxylic acids is 1. The van der Waals surface area contributed by atoms with E-state index in [0.29, 0.717) is 17.2 Å². The summed E-state index contributed by atoms with van der Waals surface area (Å²) in [6.07, 6.45) is 1.88. The van der Waals surface area contributed by atoms with Crippen LogP contribution in [0.3, 0.4) is 0 Å². The maximum atomic E-state index is 13.9. The normalized spacial score (nSPS) is 19.1. The Balaban J connectivity index is 1.88. The van der Waals surface area contributed by atoms with Gasteiger partial charge in [-0.1, -0.05) is 6.07 Å². The first-order valence-corrected chi connectivity index (χ1v) is 7.11. The largest absolute Gasteiger partial charge is 0.369 e. The number of halogens is 1. The third kappa shape index (κ3) is 2.57. The fraction of sp³-hybridized carbons (Fsp3) is 0.467. The summed E-state index contributed by atoms with van der Waals surface area (Å²) < 4.78 is 13.9. The smallest absolute Gasteiger partial charge is 0.241 e. The molecular formula is C15H19FN4O. The number of nitrogens with zero attached hydrogens (tertiary/aromatic N) is 1. The molecule has 1 saturated carbocycles. The molecule has 1 heterocycles. The first-order chi connectivity index (χ1) is 9.88. The maximum Gasteiger partial charge on any atom is 0.241 e. The lowest BCUT2D eigenvalue weighted by atomic mass is 9.99. The Morgan fingerprint density at radius 3 is 2.81 bits per heavy atom. The Morgan fingerprint density at radius 1 is 1.43 bits per heavy atom. The average Bonchev–Trinajstić information content (AvgIpc) is 3.24. The van der Waals surface area contributed by atoms with Gasteiger partial charge in [-0.05, 0) is 45.2 Å². The highest BCUT2D eigenvalue weighted by molar-refractivity contribution is 6.01. The lowest BCUT2D eigenvalue weighted by Gasteiger charge is -2.34. The Hall–Kier alpha value is -2.11. The monoisotopic (exact) mass is 290 g/mol. The number of hydrogen-bond acceptors (Lipinski definition) is 4. The molecule has 6 heteroatoms. The molecule has 1 fully saturated rings. The lowest BCUT2D eigenvalue weighted by molar-refractivity contribution is -0.122. The molecule has 0 saturated heterocycles. The van der Waals surface area contributed by atoms with Gasteiger partial charge in [-0.25, -0.2) is 9.38 Å². The van der Waals surface area contributed by atoms with Crippen molar-refractivity contribution >= 4 is 23.1 Å². The third-order valence-corrected chi connectivity index (χ3v) is 3.83. The SMILES string of the molecule is Cc1ccc(F)c2c1N=C(NNC(=O)C1CC1)C(C)(C)N2. The molecule has 0 radical (unpaired) electrons. The summed E-state index contributed by atoms with van der Waals surface area (Å²) in [6, 6.07) is 3.12.